The SMILES string of the molecule is COc1ccc(Cl)cc1NC(=O)c1ccc(NC(=O)c2ccccc2C(=O)O)cc1. The Morgan fingerprint density at radius 3 is 2.17 bits per heavy atom. The second-order valence-electron chi connectivity index (χ2n) is 6.18. The molecule has 3 aromatic carbocycles. The number of benzene rings is 3. The van der Waals surface area contributed by atoms with Crippen molar-refractivity contribution in [3.8, 4) is 5.75 Å². The van der Waals surface area contributed by atoms with Gasteiger partial charge in [-0.05, 0) is 54.6 Å². The molecule has 0 unspecified atom stereocenters. The Bertz CT molecular complexity index is 1110. The molecule has 0 fully saturated rings. The molecule has 0 saturated heterocycles. The van der Waals surface area contributed by atoms with Crippen molar-refractivity contribution in [3.05, 3.63) is 88.4 Å². The maximum absolute atomic E-state index is 12.5. The third kappa shape index (κ3) is 4.76. The first-order chi connectivity index (χ1) is 14.4. The first-order valence-electron chi connectivity index (χ1n) is 8.77. The van der Waals surface area contributed by atoms with Crippen LogP contribution < -0.4 is 15.4 Å². The van der Waals surface area contributed by atoms with Gasteiger partial charge in [-0.3, -0.25) is 9.59 Å². The molecule has 0 aliphatic rings. The summed E-state index contributed by atoms with van der Waals surface area (Å²) < 4.78 is 5.21. The van der Waals surface area contributed by atoms with E-state index < -0.39 is 11.9 Å². The molecular weight excluding hydrogens is 408 g/mol. The number of carboxylic acid groups (broad SMARTS) is 1. The van der Waals surface area contributed by atoms with E-state index in [0.29, 0.717) is 27.7 Å². The average molecular weight is 425 g/mol. The standard InChI is InChI=1S/C22H17ClN2O5/c1-30-19-11-8-14(23)12-18(19)25-20(26)13-6-9-15(10-7-13)24-21(27)16-4-2-3-5-17(16)22(28)29/h2-12H,1H3,(H,24,27)(H,25,26)(H,28,29). The molecule has 3 aromatic rings. The number of hydrogen-bond acceptors (Lipinski definition) is 4. The van der Waals surface area contributed by atoms with E-state index in [1.807, 2.05) is 0 Å². The maximum atomic E-state index is 12.5. The lowest BCUT2D eigenvalue weighted by molar-refractivity contribution is 0.0692. The van der Waals surface area contributed by atoms with E-state index in [4.69, 9.17) is 16.3 Å². The molecule has 0 atom stereocenters. The molecule has 30 heavy (non-hydrogen) atoms. The number of carbonyl (C=O) groups is 3. The molecule has 8 heteroatoms. The van der Waals surface area contributed by atoms with E-state index in [0.717, 1.165) is 0 Å². The van der Waals surface area contributed by atoms with Crippen LogP contribution in [0, 0.1) is 0 Å². The van der Waals surface area contributed by atoms with Crippen LogP contribution in [-0.2, 0) is 0 Å². The van der Waals surface area contributed by atoms with Crippen LogP contribution in [0.5, 0.6) is 5.75 Å². The fraction of sp³-hybridized carbons (Fsp3) is 0.0455. The Morgan fingerprint density at radius 2 is 1.53 bits per heavy atom. The van der Waals surface area contributed by atoms with Crippen LogP contribution in [0.1, 0.15) is 31.1 Å². The van der Waals surface area contributed by atoms with Gasteiger partial charge in [-0.15, -0.1) is 0 Å². The molecule has 0 bridgehead atoms. The zero-order valence-corrected chi connectivity index (χ0v) is 16.6. The summed E-state index contributed by atoms with van der Waals surface area (Å²) in [7, 11) is 1.48. The van der Waals surface area contributed by atoms with Crippen molar-refractivity contribution in [1.29, 1.82) is 0 Å². The minimum absolute atomic E-state index is 0.0415. The average Bonchev–Trinajstić information content (AvgIpc) is 2.74. The van der Waals surface area contributed by atoms with Gasteiger partial charge in [-0.2, -0.15) is 0 Å². The molecule has 7 nitrogen and oxygen atoms in total. The number of aromatic carboxylic acids is 1. The second kappa shape index (κ2) is 9.11. The topological polar surface area (TPSA) is 105 Å². The van der Waals surface area contributed by atoms with Gasteiger partial charge >= 0.3 is 5.97 Å². The van der Waals surface area contributed by atoms with Crippen LogP contribution in [0.4, 0.5) is 11.4 Å². The summed E-state index contributed by atoms with van der Waals surface area (Å²) in [5.41, 5.74) is 1.14. The normalized spacial score (nSPS) is 10.2. The first-order valence-corrected chi connectivity index (χ1v) is 9.15. The summed E-state index contributed by atoms with van der Waals surface area (Å²) in [5, 5.41) is 15.0. The van der Waals surface area contributed by atoms with Gasteiger partial charge in [-0.25, -0.2) is 4.79 Å². The predicted molar refractivity (Wildman–Crippen MR) is 114 cm³/mol. The minimum atomic E-state index is -1.19. The van der Waals surface area contributed by atoms with Crippen molar-refractivity contribution < 1.29 is 24.2 Å². The Balaban J connectivity index is 1.72. The van der Waals surface area contributed by atoms with Crippen LogP contribution in [0.3, 0.4) is 0 Å². The quantitative estimate of drug-likeness (QED) is 0.538. The van der Waals surface area contributed by atoms with Crippen molar-refractivity contribution in [2.24, 2.45) is 0 Å². The number of methoxy groups -OCH3 is 1. The van der Waals surface area contributed by atoms with Gasteiger partial charge in [-0.1, -0.05) is 23.7 Å². The Hall–Kier alpha value is -3.84. The van der Waals surface area contributed by atoms with Crippen molar-refractivity contribution in [1.82, 2.24) is 0 Å². The zero-order chi connectivity index (χ0) is 21.7. The lowest BCUT2D eigenvalue weighted by Crippen LogP contribution is -2.16. The molecule has 0 heterocycles. The zero-order valence-electron chi connectivity index (χ0n) is 15.8. The maximum Gasteiger partial charge on any atom is 0.336 e. The molecule has 0 saturated carbocycles. The highest BCUT2D eigenvalue weighted by atomic mass is 35.5. The van der Waals surface area contributed by atoms with Crippen molar-refractivity contribution >= 4 is 40.8 Å². The fourth-order valence-electron chi connectivity index (χ4n) is 2.74. The van der Waals surface area contributed by atoms with Crippen LogP contribution >= 0.6 is 11.6 Å². The van der Waals surface area contributed by atoms with Crippen LogP contribution in [0.25, 0.3) is 0 Å². The molecule has 3 rings (SSSR count). The van der Waals surface area contributed by atoms with Crippen LogP contribution in [0.15, 0.2) is 66.7 Å². The summed E-state index contributed by atoms with van der Waals surface area (Å²) in [6.07, 6.45) is 0. The molecule has 0 aliphatic heterocycles. The number of halogens is 1. The van der Waals surface area contributed by atoms with Gasteiger partial charge in [0.15, 0.2) is 0 Å². The van der Waals surface area contributed by atoms with Gasteiger partial charge in [0.1, 0.15) is 5.75 Å². The van der Waals surface area contributed by atoms with Gasteiger partial charge in [0.2, 0.25) is 0 Å². The lowest BCUT2D eigenvalue weighted by atomic mass is 10.1. The van der Waals surface area contributed by atoms with E-state index in [-0.39, 0.29) is 17.0 Å². The highest BCUT2D eigenvalue weighted by Crippen LogP contribution is 2.28. The van der Waals surface area contributed by atoms with E-state index in [9.17, 15) is 19.5 Å². The number of nitrogens with one attached hydrogen (secondary N) is 2. The summed E-state index contributed by atoms with van der Waals surface area (Å²) >= 11 is 5.97. The first kappa shape index (κ1) is 20.9. The smallest absolute Gasteiger partial charge is 0.336 e. The largest absolute Gasteiger partial charge is 0.495 e. The number of anilines is 2. The number of hydrogen-bond donors (Lipinski definition) is 3. The Kier molecular flexibility index (Phi) is 6.34. The van der Waals surface area contributed by atoms with Crippen LogP contribution in [-0.4, -0.2) is 30.0 Å². The third-order valence-electron chi connectivity index (χ3n) is 4.22. The Morgan fingerprint density at radius 1 is 0.867 bits per heavy atom. The number of carbonyl (C=O) groups excluding carboxylic acids is 2. The minimum Gasteiger partial charge on any atom is -0.495 e. The molecule has 0 aliphatic carbocycles. The van der Waals surface area contributed by atoms with E-state index in [1.165, 1.54) is 31.4 Å². The Labute approximate surface area is 177 Å². The fourth-order valence-corrected chi connectivity index (χ4v) is 2.92. The summed E-state index contributed by atoms with van der Waals surface area (Å²) in [6.45, 7) is 0. The molecule has 2 amide bonds. The lowest BCUT2D eigenvalue weighted by Gasteiger charge is -2.11. The molecular formula is C22H17ClN2O5. The van der Waals surface area contributed by atoms with Gasteiger partial charge in [0.05, 0.1) is 23.9 Å². The van der Waals surface area contributed by atoms with E-state index >= 15 is 0 Å². The van der Waals surface area contributed by atoms with Crippen molar-refractivity contribution in [2.75, 3.05) is 17.7 Å². The van der Waals surface area contributed by atoms with Gasteiger partial charge in [0, 0.05) is 16.3 Å². The summed E-state index contributed by atoms with van der Waals surface area (Å²) in [4.78, 5) is 36.2. The number of rotatable bonds is 6. The third-order valence-corrected chi connectivity index (χ3v) is 4.45. The number of ether oxygens (including phenoxy) is 1. The molecule has 3 N–H and O–H groups in total. The molecule has 0 spiro atoms. The highest BCUT2D eigenvalue weighted by Gasteiger charge is 2.16. The van der Waals surface area contributed by atoms with E-state index in [1.54, 1.807) is 42.5 Å². The van der Waals surface area contributed by atoms with Crippen molar-refractivity contribution in [3.63, 3.8) is 0 Å². The number of carboxylic acids is 1. The number of amides is 2. The van der Waals surface area contributed by atoms with Gasteiger partial charge < -0.3 is 20.5 Å². The predicted octanol–water partition coefficient (Wildman–Crippen LogP) is 4.55. The van der Waals surface area contributed by atoms with Crippen molar-refractivity contribution in [2.45, 2.75) is 0 Å². The molecule has 152 valence electrons. The summed E-state index contributed by atoms with van der Waals surface area (Å²) in [5.74, 6) is -1.67. The van der Waals surface area contributed by atoms with Gasteiger partial charge in [0.25, 0.3) is 11.8 Å². The molecule has 0 aromatic heterocycles. The highest BCUT2D eigenvalue weighted by molar-refractivity contribution is 6.31. The second-order valence-corrected chi connectivity index (χ2v) is 6.62. The summed E-state index contributed by atoms with van der Waals surface area (Å²) in [6, 6.07) is 16.9. The monoisotopic (exact) mass is 424 g/mol. The van der Waals surface area contributed by atoms with E-state index in [2.05, 4.69) is 10.6 Å². The molecule has 0 radical (unpaired) electrons. The van der Waals surface area contributed by atoms with Crippen LogP contribution in [0.2, 0.25) is 5.02 Å².